The van der Waals surface area contributed by atoms with Gasteiger partial charge in [0.1, 0.15) is 5.75 Å². The zero-order valence-corrected chi connectivity index (χ0v) is 13.7. The van der Waals surface area contributed by atoms with Crippen LogP contribution in [0.15, 0.2) is 18.2 Å². The van der Waals surface area contributed by atoms with Gasteiger partial charge in [-0.3, -0.25) is 9.00 Å². The second-order valence-corrected chi connectivity index (χ2v) is 7.06. The van der Waals surface area contributed by atoms with Crippen LogP contribution in [0.2, 0.25) is 5.02 Å². The molecule has 1 amide bonds. The molecule has 4 nitrogen and oxygen atoms in total. The fourth-order valence-corrected chi connectivity index (χ4v) is 1.98. The quantitative estimate of drug-likeness (QED) is 0.877. The van der Waals surface area contributed by atoms with Gasteiger partial charge in [0.05, 0.1) is 11.7 Å². The van der Waals surface area contributed by atoms with Gasteiger partial charge in [-0.15, -0.1) is 0 Å². The maximum atomic E-state index is 12.2. The van der Waals surface area contributed by atoms with Crippen molar-refractivity contribution in [3.63, 3.8) is 0 Å². The van der Waals surface area contributed by atoms with Gasteiger partial charge in [0, 0.05) is 33.9 Å². The lowest BCUT2D eigenvalue weighted by Gasteiger charge is -2.15. The maximum Gasteiger partial charge on any atom is 0.255 e. The number of halogens is 1. The lowest BCUT2D eigenvalue weighted by Crippen LogP contribution is -2.33. The van der Waals surface area contributed by atoms with Gasteiger partial charge in [-0.25, -0.2) is 0 Å². The van der Waals surface area contributed by atoms with Gasteiger partial charge in [0.15, 0.2) is 0 Å². The molecule has 0 spiro atoms. The molecule has 112 valence electrons. The summed E-state index contributed by atoms with van der Waals surface area (Å²) in [5.41, 5.74) is 0.389. The molecule has 1 aromatic rings. The van der Waals surface area contributed by atoms with E-state index in [0.29, 0.717) is 22.9 Å². The monoisotopic (exact) mass is 317 g/mol. The van der Waals surface area contributed by atoms with E-state index in [1.165, 1.54) is 0 Å². The van der Waals surface area contributed by atoms with E-state index in [-0.39, 0.29) is 17.3 Å². The van der Waals surface area contributed by atoms with Crippen molar-refractivity contribution in [3.8, 4) is 5.75 Å². The lowest BCUT2D eigenvalue weighted by atomic mass is 10.2. The number of nitrogens with one attached hydrogen (secondary N) is 1. The minimum Gasteiger partial charge on any atom is -0.490 e. The van der Waals surface area contributed by atoms with Crippen LogP contribution >= 0.6 is 11.6 Å². The molecule has 0 saturated carbocycles. The van der Waals surface area contributed by atoms with Gasteiger partial charge in [0.25, 0.3) is 5.91 Å². The molecule has 2 atom stereocenters. The first-order valence-electron chi connectivity index (χ1n) is 6.38. The van der Waals surface area contributed by atoms with E-state index in [9.17, 15) is 9.00 Å². The van der Waals surface area contributed by atoms with Crippen molar-refractivity contribution >= 4 is 28.3 Å². The standard InChI is InChI=1S/C14H20ClNO3S/c1-9(2)19-13-6-5-11(15)7-12(13)14(17)16-8-10(3)20(4)18/h5-7,9-10H,8H2,1-4H3,(H,16,17). The summed E-state index contributed by atoms with van der Waals surface area (Å²) < 4.78 is 16.9. The number of hydrogen-bond acceptors (Lipinski definition) is 3. The van der Waals surface area contributed by atoms with E-state index in [1.54, 1.807) is 24.5 Å². The van der Waals surface area contributed by atoms with Crippen molar-refractivity contribution in [1.82, 2.24) is 5.32 Å². The second kappa shape index (κ2) is 7.64. The Morgan fingerprint density at radius 3 is 2.60 bits per heavy atom. The number of carbonyl (C=O) groups excluding carboxylic acids is 1. The Morgan fingerprint density at radius 1 is 1.40 bits per heavy atom. The van der Waals surface area contributed by atoms with E-state index in [0.717, 1.165) is 0 Å². The molecule has 1 aromatic carbocycles. The first-order chi connectivity index (χ1) is 9.31. The molecule has 1 N–H and O–H groups in total. The van der Waals surface area contributed by atoms with Gasteiger partial charge < -0.3 is 10.1 Å². The second-order valence-electron chi connectivity index (χ2n) is 4.83. The number of carbonyl (C=O) groups is 1. The molecule has 6 heteroatoms. The van der Waals surface area contributed by atoms with E-state index < -0.39 is 10.8 Å². The van der Waals surface area contributed by atoms with Crippen LogP contribution < -0.4 is 10.1 Å². The molecule has 0 radical (unpaired) electrons. The molecule has 0 fully saturated rings. The molecule has 2 unspecified atom stereocenters. The van der Waals surface area contributed by atoms with Crippen LogP contribution in [-0.4, -0.2) is 34.3 Å². The van der Waals surface area contributed by atoms with E-state index in [4.69, 9.17) is 16.3 Å². The normalized spacial score (nSPS) is 13.9. The topological polar surface area (TPSA) is 55.4 Å². The summed E-state index contributed by atoms with van der Waals surface area (Å²) in [5, 5.41) is 3.12. The van der Waals surface area contributed by atoms with Crippen molar-refractivity contribution in [2.75, 3.05) is 12.8 Å². The Balaban J connectivity index is 2.85. The Labute approximate surface area is 127 Å². The predicted molar refractivity (Wildman–Crippen MR) is 83.1 cm³/mol. The molecular formula is C14H20ClNO3S. The number of ether oxygens (including phenoxy) is 1. The third kappa shape index (κ3) is 5.13. The van der Waals surface area contributed by atoms with Crippen LogP contribution in [0.3, 0.4) is 0 Å². The van der Waals surface area contributed by atoms with Crippen molar-refractivity contribution in [2.45, 2.75) is 32.1 Å². The molecule has 20 heavy (non-hydrogen) atoms. The predicted octanol–water partition coefficient (Wildman–Crippen LogP) is 2.62. The van der Waals surface area contributed by atoms with Crippen molar-refractivity contribution in [1.29, 1.82) is 0 Å². The average Bonchev–Trinajstić information content (AvgIpc) is 2.36. The minimum absolute atomic E-state index is 0.0372. The van der Waals surface area contributed by atoms with Crippen LogP contribution in [0.1, 0.15) is 31.1 Å². The summed E-state index contributed by atoms with van der Waals surface area (Å²) in [5.74, 6) is 0.215. The lowest BCUT2D eigenvalue weighted by molar-refractivity contribution is 0.0948. The van der Waals surface area contributed by atoms with E-state index in [1.807, 2.05) is 20.8 Å². The van der Waals surface area contributed by atoms with Crippen LogP contribution in [0, 0.1) is 0 Å². The fraction of sp³-hybridized carbons (Fsp3) is 0.500. The molecule has 0 aliphatic heterocycles. The number of rotatable bonds is 6. The van der Waals surface area contributed by atoms with Crippen molar-refractivity contribution in [3.05, 3.63) is 28.8 Å². The highest BCUT2D eigenvalue weighted by Gasteiger charge is 2.16. The van der Waals surface area contributed by atoms with Crippen LogP contribution in [0.25, 0.3) is 0 Å². The molecule has 0 aromatic heterocycles. The van der Waals surface area contributed by atoms with Crippen molar-refractivity contribution in [2.24, 2.45) is 0 Å². The van der Waals surface area contributed by atoms with Gasteiger partial charge >= 0.3 is 0 Å². The average molecular weight is 318 g/mol. The third-order valence-corrected chi connectivity index (χ3v) is 4.20. The highest BCUT2D eigenvalue weighted by Crippen LogP contribution is 2.23. The Hall–Kier alpha value is -1.07. The van der Waals surface area contributed by atoms with Crippen LogP contribution in [0.4, 0.5) is 0 Å². The van der Waals surface area contributed by atoms with Gasteiger partial charge in [0.2, 0.25) is 0 Å². The molecule has 0 aliphatic carbocycles. The summed E-state index contributed by atoms with van der Waals surface area (Å²) >= 11 is 5.93. The van der Waals surface area contributed by atoms with E-state index >= 15 is 0 Å². The van der Waals surface area contributed by atoms with E-state index in [2.05, 4.69) is 5.32 Å². The third-order valence-electron chi connectivity index (χ3n) is 2.67. The summed E-state index contributed by atoms with van der Waals surface area (Å²) in [4.78, 5) is 12.2. The minimum atomic E-state index is -0.974. The highest BCUT2D eigenvalue weighted by molar-refractivity contribution is 7.84. The first-order valence-corrected chi connectivity index (χ1v) is 8.37. The number of amides is 1. The SMILES string of the molecule is CC(C)Oc1ccc(Cl)cc1C(=O)NCC(C)S(C)=O. The maximum absolute atomic E-state index is 12.2. The highest BCUT2D eigenvalue weighted by atomic mass is 35.5. The number of benzene rings is 1. The van der Waals surface area contributed by atoms with Crippen LogP contribution in [0.5, 0.6) is 5.75 Å². The Bertz CT molecular complexity index is 505. The molecule has 0 saturated heterocycles. The summed E-state index contributed by atoms with van der Waals surface area (Å²) in [6.45, 7) is 5.94. The molecule has 0 bridgehead atoms. The first kappa shape index (κ1) is 17.0. The summed E-state index contributed by atoms with van der Waals surface area (Å²) in [6.07, 6.45) is 1.58. The summed E-state index contributed by atoms with van der Waals surface area (Å²) in [7, 11) is -0.974. The largest absolute Gasteiger partial charge is 0.490 e. The van der Waals surface area contributed by atoms with Gasteiger partial charge in [-0.1, -0.05) is 11.6 Å². The summed E-state index contributed by atoms with van der Waals surface area (Å²) in [6, 6.07) is 4.93. The Morgan fingerprint density at radius 2 is 2.05 bits per heavy atom. The molecule has 0 heterocycles. The molecule has 0 aliphatic rings. The zero-order chi connectivity index (χ0) is 15.3. The Kier molecular flexibility index (Phi) is 6.49. The molecular weight excluding hydrogens is 298 g/mol. The molecule has 1 rings (SSSR count). The fourth-order valence-electron chi connectivity index (χ4n) is 1.49. The smallest absolute Gasteiger partial charge is 0.255 e. The van der Waals surface area contributed by atoms with Crippen molar-refractivity contribution < 1.29 is 13.7 Å². The van der Waals surface area contributed by atoms with Crippen LogP contribution in [-0.2, 0) is 10.8 Å². The van der Waals surface area contributed by atoms with Gasteiger partial charge in [-0.2, -0.15) is 0 Å². The number of hydrogen-bond donors (Lipinski definition) is 1. The van der Waals surface area contributed by atoms with Gasteiger partial charge in [-0.05, 0) is 39.0 Å². The zero-order valence-electron chi connectivity index (χ0n) is 12.1.